The Morgan fingerprint density at radius 2 is 1.85 bits per heavy atom. The summed E-state index contributed by atoms with van der Waals surface area (Å²) < 4.78 is 17.8. The molecule has 4 rings (SSSR count). The van der Waals surface area contributed by atoms with E-state index >= 15 is 0 Å². The van der Waals surface area contributed by atoms with Crippen LogP contribution in [0.3, 0.4) is 0 Å². The van der Waals surface area contributed by atoms with E-state index in [1.165, 1.54) is 7.11 Å². The average Bonchev–Trinajstić information content (AvgIpc) is 2.85. The molecule has 2 atom stereocenters. The van der Waals surface area contributed by atoms with Crippen LogP contribution in [0.15, 0.2) is 42.9 Å². The maximum atomic E-state index is 13.7. The first-order chi connectivity index (χ1) is 16.0. The van der Waals surface area contributed by atoms with Crippen molar-refractivity contribution in [1.82, 2.24) is 24.8 Å². The predicted octanol–water partition coefficient (Wildman–Crippen LogP) is 3.63. The lowest BCUT2D eigenvalue weighted by molar-refractivity contribution is 0.0365. The average molecular weight is 561 g/mol. The summed E-state index contributed by atoms with van der Waals surface area (Å²) >= 11 is 2.18. The molecule has 1 aliphatic rings. The third-order valence-corrected chi connectivity index (χ3v) is 6.34. The molecule has 3 aromatic heterocycles. The highest BCUT2D eigenvalue weighted by Gasteiger charge is 2.33. The Morgan fingerprint density at radius 3 is 2.58 bits per heavy atom. The van der Waals surface area contributed by atoms with Crippen molar-refractivity contribution in [3.05, 3.63) is 52.0 Å². The van der Waals surface area contributed by atoms with E-state index in [0.717, 1.165) is 16.4 Å². The summed E-state index contributed by atoms with van der Waals surface area (Å²) in [4.78, 5) is 32.8. The van der Waals surface area contributed by atoms with Gasteiger partial charge in [0.2, 0.25) is 5.88 Å². The maximum Gasteiger partial charge on any atom is 0.258 e. The number of halogens is 1. The highest BCUT2D eigenvalue weighted by atomic mass is 127. The number of methoxy groups -OCH3 is 2. The molecule has 0 aromatic carbocycles. The van der Waals surface area contributed by atoms with Crippen molar-refractivity contribution in [2.24, 2.45) is 0 Å². The minimum Gasteiger partial charge on any atom is -0.490 e. The van der Waals surface area contributed by atoms with Crippen LogP contribution in [0.5, 0.6) is 17.5 Å². The monoisotopic (exact) mass is 561 g/mol. The van der Waals surface area contributed by atoms with Crippen molar-refractivity contribution < 1.29 is 19.0 Å². The van der Waals surface area contributed by atoms with Crippen molar-refractivity contribution in [2.45, 2.75) is 31.9 Å². The second kappa shape index (κ2) is 10.3. The van der Waals surface area contributed by atoms with Gasteiger partial charge in [0.15, 0.2) is 11.6 Å². The number of likely N-dealkylation sites (tertiary alicyclic amines) is 1. The van der Waals surface area contributed by atoms with Gasteiger partial charge in [-0.3, -0.25) is 4.79 Å². The molecule has 0 spiro atoms. The third kappa shape index (κ3) is 5.00. The van der Waals surface area contributed by atoms with E-state index in [0.29, 0.717) is 41.1 Å². The Balaban J connectivity index is 1.61. The molecule has 9 nitrogen and oxygen atoms in total. The van der Waals surface area contributed by atoms with E-state index < -0.39 is 0 Å². The first kappa shape index (κ1) is 23.1. The second-order valence-electron chi connectivity index (χ2n) is 7.58. The molecule has 0 unspecified atom stereocenters. The number of hydrogen-bond donors (Lipinski definition) is 0. The summed E-state index contributed by atoms with van der Waals surface area (Å²) in [5, 5.41) is 0. The second-order valence-corrected chi connectivity index (χ2v) is 8.74. The molecule has 0 radical (unpaired) electrons. The normalized spacial score (nSPS) is 18.0. The van der Waals surface area contributed by atoms with Crippen LogP contribution in [0.4, 0.5) is 0 Å². The van der Waals surface area contributed by atoms with E-state index in [2.05, 4.69) is 42.5 Å². The topological polar surface area (TPSA) is 99.6 Å². The van der Waals surface area contributed by atoms with E-state index in [4.69, 9.17) is 14.2 Å². The van der Waals surface area contributed by atoms with Gasteiger partial charge in [0.1, 0.15) is 11.8 Å². The zero-order valence-corrected chi connectivity index (χ0v) is 20.7. The minimum absolute atomic E-state index is 0.0368. The summed E-state index contributed by atoms with van der Waals surface area (Å²) in [6, 6.07) is 6.99. The lowest BCUT2D eigenvalue weighted by atomic mass is 9.99. The number of ether oxygens (including phenoxy) is 3. The smallest absolute Gasteiger partial charge is 0.258 e. The lowest BCUT2D eigenvalue weighted by Gasteiger charge is -2.38. The molecule has 0 aliphatic carbocycles. The summed E-state index contributed by atoms with van der Waals surface area (Å²) in [5.74, 6) is 1.62. The molecule has 1 aliphatic heterocycles. The van der Waals surface area contributed by atoms with Crippen molar-refractivity contribution >= 4 is 28.5 Å². The number of aromatic nitrogens is 4. The molecule has 1 fully saturated rings. The van der Waals surface area contributed by atoms with Gasteiger partial charge in [0, 0.05) is 30.7 Å². The number of piperidine rings is 1. The number of amides is 1. The Labute approximate surface area is 205 Å². The first-order valence-electron chi connectivity index (χ1n) is 10.5. The number of nitrogens with zero attached hydrogens (tertiary/aromatic N) is 5. The number of rotatable bonds is 6. The molecule has 1 amide bonds. The predicted molar refractivity (Wildman–Crippen MR) is 129 cm³/mol. The van der Waals surface area contributed by atoms with Crippen LogP contribution in [0.1, 0.15) is 30.1 Å². The molecule has 10 heteroatoms. The van der Waals surface area contributed by atoms with Crippen molar-refractivity contribution in [2.75, 3.05) is 20.8 Å². The molecule has 4 heterocycles. The van der Waals surface area contributed by atoms with Gasteiger partial charge in [-0.15, -0.1) is 0 Å². The van der Waals surface area contributed by atoms with Crippen LogP contribution < -0.4 is 14.2 Å². The Bertz CT molecular complexity index is 1130. The minimum atomic E-state index is -0.215. The Hall–Kier alpha value is -3.02. The van der Waals surface area contributed by atoms with Gasteiger partial charge in [-0.25, -0.2) is 19.9 Å². The highest BCUT2D eigenvalue weighted by molar-refractivity contribution is 14.1. The van der Waals surface area contributed by atoms with Gasteiger partial charge in [-0.2, -0.15) is 0 Å². The van der Waals surface area contributed by atoms with E-state index in [1.54, 1.807) is 43.9 Å². The van der Waals surface area contributed by atoms with Crippen LogP contribution >= 0.6 is 22.6 Å². The highest BCUT2D eigenvalue weighted by Crippen LogP contribution is 2.32. The molecule has 1 saturated heterocycles. The van der Waals surface area contributed by atoms with E-state index in [9.17, 15) is 4.79 Å². The summed E-state index contributed by atoms with van der Waals surface area (Å²) in [7, 11) is 3.12. The summed E-state index contributed by atoms with van der Waals surface area (Å²) in [5.41, 5.74) is 0.801. The zero-order valence-electron chi connectivity index (χ0n) is 18.6. The fourth-order valence-corrected chi connectivity index (χ4v) is 4.37. The number of hydrogen-bond acceptors (Lipinski definition) is 8. The van der Waals surface area contributed by atoms with E-state index in [-0.39, 0.29) is 18.1 Å². The van der Waals surface area contributed by atoms with Crippen LogP contribution in [0.2, 0.25) is 0 Å². The number of pyridine rings is 2. The molecule has 0 saturated carbocycles. The van der Waals surface area contributed by atoms with Gasteiger partial charge in [0.05, 0.1) is 29.9 Å². The molecule has 3 aromatic rings. The molecular formula is C23H24IN5O4. The van der Waals surface area contributed by atoms with Crippen molar-refractivity contribution in [3.8, 4) is 29.0 Å². The standard InChI is InChI=1S/C23H24IN5O4/c1-14-5-6-15(33-22-20(32-3)17(24)9-12-27-22)13-29(14)23(30)16-7-8-18(31-2)28-19(16)21-25-10-4-11-26-21/h4,7-12,14-15H,5-6,13H2,1-3H3/t14-,15-/m1/s1. The first-order valence-corrected chi connectivity index (χ1v) is 11.6. The van der Waals surface area contributed by atoms with Crippen LogP contribution in [0, 0.1) is 3.57 Å². The Morgan fingerprint density at radius 1 is 1.06 bits per heavy atom. The molecule has 0 bridgehead atoms. The van der Waals surface area contributed by atoms with Crippen molar-refractivity contribution in [3.63, 3.8) is 0 Å². The van der Waals surface area contributed by atoms with E-state index in [1.807, 2.05) is 17.9 Å². The largest absolute Gasteiger partial charge is 0.490 e. The van der Waals surface area contributed by atoms with Crippen LogP contribution in [-0.2, 0) is 0 Å². The third-order valence-electron chi connectivity index (χ3n) is 5.49. The van der Waals surface area contributed by atoms with Crippen molar-refractivity contribution in [1.29, 1.82) is 0 Å². The Kier molecular flexibility index (Phi) is 7.21. The zero-order chi connectivity index (χ0) is 23.4. The number of carbonyl (C=O) groups is 1. The van der Waals surface area contributed by atoms with Gasteiger partial charge >= 0.3 is 0 Å². The van der Waals surface area contributed by atoms with Crippen LogP contribution in [0.25, 0.3) is 11.5 Å². The fraction of sp³-hybridized carbons (Fsp3) is 0.348. The summed E-state index contributed by atoms with van der Waals surface area (Å²) in [6.07, 6.45) is 6.30. The fourth-order valence-electron chi connectivity index (χ4n) is 3.76. The van der Waals surface area contributed by atoms with Gasteiger partial charge in [-0.05, 0) is 60.6 Å². The lowest BCUT2D eigenvalue weighted by Crippen LogP contribution is -2.49. The SMILES string of the molecule is COc1ccc(C(=O)N2C[C@H](Oc3nccc(I)c3OC)CC[C@H]2C)c(-c2ncccn2)n1. The molecule has 172 valence electrons. The summed E-state index contributed by atoms with van der Waals surface area (Å²) in [6.45, 7) is 2.45. The molecular weight excluding hydrogens is 537 g/mol. The molecule has 0 N–H and O–H groups in total. The van der Waals surface area contributed by atoms with Gasteiger partial charge in [-0.1, -0.05) is 0 Å². The van der Waals surface area contributed by atoms with Gasteiger partial charge < -0.3 is 19.1 Å². The van der Waals surface area contributed by atoms with Gasteiger partial charge in [0.25, 0.3) is 11.8 Å². The molecule has 33 heavy (non-hydrogen) atoms. The number of carbonyl (C=O) groups excluding carboxylic acids is 1. The maximum absolute atomic E-state index is 13.7. The van der Waals surface area contributed by atoms with Crippen LogP contribution in [-0.4, -0.2) is 63.7 Å². The quantitative estimate of drug-likeness (QED) is 0.421.